The van der Waals surface area contributed by atoms with E-state index in [9.17, 15) is 22.8 Å². The van der Waals surface area contributed by atoms with Gasteiger partial charge in [0, 0.05) is 6.04 Å². The third-order valence-electron chi connectivity index (χ3n) is 5.19. The van der Waals surface area contributed by atoms with E-state index in [1.807, 2.05) is 0 Å². The Hall–Kier alpha value is -2.62. The van der Waals surface area contributed by atoms with E-state index in [2.05, 4.69) is 10.6 Å². The van der Waals surface area contributed by atoms with Crippen LogP contribution in [0.2, 0.25) is 0 Å². The van der Waals surface area contributed by atoms with Crippen molar-refractivity contribution < 1.29 is 27.5 Å². The molecule has 2 N–H and O–H groups in total. The summed E-state index contributed by atoms with van der Waals surface area (Å²) in [6, 6.07) is 5.65. The minimum Gasteiger partial charge on any atom is -0.497 e. The molecule has 9 nitrogen and oxygen atoms in total. The number of benzene rings is 1. The van der Waals surface area contributed by atoms with Crippen molar-refractivity contribution in [1.29, 1.82) is 0 Å². The van der Waals surface area contributed by atoms with Crippen LogP contribution >= 0.6 is 0 Å². The largest absolute Gasteiger partial charge is 0.497 e. The molecule has 2 aliphatic heterocycles. The molecular formula is C18H23N3O6S. The average molecular weight is 409 g/mol. The lowest BCUT2D eigenvalue weighted by Gasteiger charge is -2.26. The molecule has 2 heterocycles. The van der Waals surface area contributed by atoms with Crippen LogP contribution in [0.25, 0.3) is 0 Å². The molecule has 1 aromatic rings. The second kappa shape index (κ2) is 7.42. The number of urea groups is 1. The van der Waals surface area contributed by atoms with Crippen molar-refractivity contribution in [3.05, 3.63) is 29.8 Å². The molecule has 3 rings (SSSR count). The minimum absolute atomic E-state index is 0.0253. The predicted molar refractivity (Wildman–Crippen MR) is 100 cm³/mol. The fourth-order valence-corrected chi connectivity index (χ4v) is 5.28. The molecule has 10 heteroatoms. The Labute approximate surface area is 163 Å². The van der Waals surface area contributed by atoms with Gasteiger partial charge in [-0.3, -0.25) is 14.5 Å². The van der Waals surface area contributed by atoms with Gasteiger partial charge in [-0.25, -0.2) is 13.2 Å². The number of ether oxygens (including phenoxy) is 1. The van der Waals surface area contributed by atoms with Crippen LogP contribution in [0.3, 0.4) is 0 Å². The first-order valence-corrected chi connectivity index (χ1v) is 10.8. The van der Waals surface area contributed by atoms with Crippen molar-refractivity contribution in [1.82, 2.24) is 15.5 Å². The zero-order valence-corrected chi connectivity index (χ0v) is 16.5. The summed E-state index contributed by atoms with van der Waals surface area (Å²) in [7, 11) is -1.61. The second-order valence-electron chi connectivity index (χ2n) is 6.98. The molecule has 0 aliphatic carbocycles. The quantitative estimate of drug-likeness (QED) is 0.645. The average Bonchev–Trinajstić information content (AvgIpc) is 3.12. The van der Waals surface area contributed by atoms with Crippen molar-refractivity contribution in [3.63, 3.8) is 0 Å². The third-order valence-corrected chi connectivity index (χ3v) is 6.96. The van der Waals surface area contributed by atoms with E-state index in [0.29, 0.717) is 24.2 Å². The number of methoxy groups -OCH3 is 1. The molecule has 0 radical (unpaired) electrons. The van der Waals surface area contributed by atoms with Gasteiger partial charge in [0.1, 0.15) is 17.8 Å². The van der Waals surface area contributed by atoms with Crippen LogP contribution < -0.4 is 15.4 Å². The summed E-state index contributed by atoms with van der Waals surface area (Å²) in [5.41, 5.74) is -0.653. The van der Waals surface area contributed by atoms with Crippen LogP contribution in [0.1, 0.15) is 25.3 Å². The summed E-state index contributed by atoms with van der Waals surface area (Å²) in [5.74, 6) is -0.553. The minimum atomic E-state index is -3.14. The highest BCUT2D eigenvalue weighted by molar-refractivity contribution is 7.91. The molecule has 2 fully saturated rings. The number of carbonyl (C=O) groups excluding carboxylic acids is 3. The standard InChI is InChI=1S/C18H23N3O6S/c1-3-18(12-4-6-14(27-2)7-5-12)16(23)21(17(24)20-18)10-15(22)19-13-8-9-28(25,26)11-13/h4-7,13H,3,8-11H2,1-2H3,(H,19,22)(H,20,24). The first-order chi connectivity index (χ1) is 13.2. The molecule has 4 amide bonds. The van der Waals surface area contributed by atoms with Gasteiger partial charge in [-0.15, -0.1) is 0 Å². The fraction of sp³-hybridized carbons (Fsp3) is 0.500. The predicted octanol–water partition coefficient (Wildman–Crippen LogP) is 0.156. The van der Waals surface area contributed by atoms with Crippen LogP contribution in [0, 0.1) is 0 Å². The first kappa shape index (κ1) is 20.1. The molecule has 2 atom stereocenters. The summed E-state index contributed by atoms with van der Waals surface area (Å²) in [6.07, 6.45) is 0.641. The van der Waals surface area contributed by atoms with Crippen molar-refractivity contribution in [3.8, 4) is 5.75 Å². The Balaban J connectivity index is 1.73. The lowest BCUT2D eigenvalue weighted by molar-refractivity contribution is -0.135. The van der Waals surface area contributed by atoms with Crippen molar-refractivity contribution in [2.75, 3.05) is 25.2 Å². The zero-order chi connectivity index (χ0) is 20.5. The maximum absolute atomic E-state index is 13.0. The lowest BCUT2D eigenvalue weighted by Crippen LogP contribution is -2.46. The number of hydrogen-bond acceptors (Lipinski definition) is 6. The molecule has 0 aromatic heterocycles. The Bertz CT molecular complexity index is 898. The fourth-order valence-electron chi connectivity index (χ4n) is 3.61. The molecule has 0 spiro atoms. The Morgan fingerprint density at radius 2 is 2.00 bits per heavy atom. The van der Waals surface area contributed by atoms with Crippen LogP contribution in [0.15, 0.2) is 24.3 Å². The molecule has 0 bridgehead atoms. The van der Waals surface area contributed by atoms with Gasteiger partial charge in [0.2, 0.25) is 5.91 Å². The summed E-state index contributed by atoms with van der Waals surface area (Å²) < 4.78 is 28.1. The van der Waals surface area contributed by atoms with Gasteiger partial charge in [-0.05, 0) is 30.5 Å². The molecular weight excluding hydrogens is 386 g/mol. The Kier molecular flexibility index (Phi) is 5.33. The normalized spacial score (nSPS) is 26.2. The van der Waals surface area contributed by atoms with Crippen molar-refractivity contribution in [2.24, 2.45) is 0 Å². The van der Waals surface area contributed by atoms with E-state index in [4.69, 9.17) is 4.74 Å². The van der Waals surface area contributed by atoms with Gasteiger partial charge < -0.3 is 15.4 Å². The van der Waals surface area contributed by atoms with E-state index in [0.717, 1.165) is 4.90 Å². The number of hydrogen-bond donors (Lipinski definition) is 2. The van der Waals surface area contributed by atoms with E-state index in [-0.39, 0.29) is 11.5 Å². The zero-order valence-electron chi connectivity index (χ0n) is 15.7. The number of carbonyl (C=O) groups is 3. The maximum Gasteiger partial charge on any atom is 0.325 e. The molecule has 1 aromatic carbocycles. The molecule has 152 valence electrons. The smallest absolute Gasteiger partial charge is 0.325 e. The van der Waals surface area contributed by atoms with Crippen LogP contribution in [0.4, 0.5) is 4.79 Å². The van der Waals surface area contributed by atoms with Gasteiger partial charge in [0.05, 0.1) is 18.6 Å². The van der Waals surface area contributed by atoms with Crippen LogP contribution in [-0.2, 0) is 25.0 Å². The third kappa shape index (κ3) is 3.68. The molecule has 2 unspecified atom stereocenters. The second-order valence-corrected chi connectivity index (χ2v) is 9.21. The van der Waals surface area contributed by atoms with Gasteiger partial charge in [-0.2, -0.15) is 0 Å². The van der Waals surface area contributed by atoms with Gasteiger partial charge in [0.15, 0.2) is 9.84 Å². The molecule has 2 saturated heterocycles. The number of imide groups is 1. The van der Waals surface area contributed by atoms with Crippen molar-refractivity contribution in [2.45, 2.75) is 31.3 Å². The topological polar surface area (TPSA) is 122 Å². The number of rotatable bonds is 6. The molecule has 0 saturated carbocycles. The maximum atomic E-state index is 13.0. The highest BCUT2D eigenvalue weighted by Gasteiger charge is 2.51. The van der Waals surface area contributed by atoms with Gasteiger partial charge in [-0.1, -0.05) is 19.1 Å². The van der Waals surface area contributed by atoms with E-state index >= 15 is 0 Å². The SMILES string of the molecule is CCC1(c2ccc(OC)cc2)NC(=O)N(CC(=O)NC2CCS(=O)(=O)C2)C1=O. The van der Waals surface area contributed by atoms with Crippen LogP contribution in [0.5, 0.6) is 5.75 Å². The Morgan fingerprint density at radius 1 is 1.32 bits per heavy atom. The van der Waals surface area contributed by atoms with Crippen molar-refractivity contribution >= 4 is 27.7 Å². The number of sulfone groups is 1. The highest BCUT2D eigenvalue weighted by atomic mass is 32.2. The Morgan fingerprint density at radius 3 is 2.54 bits per heavy atom. The summed E-state index contributed by atoms with van der Waals surface area (Å²) in [6.45, 7) is 1.31. The molecule has 2 aliphatic rings. The van der Waals surface area contributed by atoms with E-state index in [1.54, 1.807) is 31.2 Å². The number of amides is 4. The highest BCUT2D eigenvalue weighted by Crippen LogP contribution is 2.33. The summed E-state index contributed by atoms with van der Waals surface area (Å²) >= 11 is 0. The summed E-state index contributed by atoms with van der Waals surface area (Å²) in [4.78, 5) is 38.6. The van der Waals surface area contributed by atoms with E-state index < -0.39 is 45.8 Å². The lowest BCUT2D eigenvalue weighted by atomic mass is 9.87. The number of nitrogens with zero attached hydrogens (tertiary/aromatic N) is 1. The van der Waals surface area contributed by atoms with Crippen LogP contribution in [-0.4, -0.2) is 62.4 Å². The summed E-state index contributed by atoms with van der Waals surface area (Å²) in [5, 5.41) is 5.30. The van der Waals surface area contributed by atoms with E-state index in [1.165, 1.54) is 7.11 Å². The monoisotopic (exact) mass is 409 g/mol. The van der Waals surface area contributed by atoms with Gasteiger partial charge >= 0.3 is 6.03 Å². The number of nitrogens with one attached hydrogen (secondary N) is 2. The molecule has 28 heavy (non-hydrogen) atoms. The first-order valence-electron chi connectivity index (χ1n) is 8.99. The van der Waals surface area contributed by atoms with Gasteiger partial charge in [0.25, 0.3) is 5.91 Å².